The van der Waals surface area contributed by atoms with Crippen LogP contribution < -0.4 is 9.62 Å². The molecule has 2 rings (SSSR count). The Morgan fingerprint density at radius 1 is 1.18 bits per heavy atom. The van der Waals surface area contributed by atoms with Crippen molar-refractivity contribution in [3.05, 3.63) is 65.2 Å². The standard InChI is InChI=1S/C20H25ClN2O3S2/c1-3-19(23(28(2,25)26)18-11-7-10-17(21)14-18)20(24)22-12-13-27-15-16-8-5-4-6-9-16/h4-11,14,19H,3,12-13,15H2,1-2H3,(H,22,24). The summed E-state index contributed by atoms with van der Waals surface area (Å²) in [4.78, 5) is 12.7. The Labute approximate surface area is 176 Å². The van der Waals surface area contributed by atoms with Crippen molar-refractivity contribution in [1.82, 2.24) is 5.32 Å². The first kappa shape index (κ1) is 22.6. The quantitative estimate of drug-likeness (QED) is 0.568. The lowest BCUT2D eigenvalue weighted by Crippen LogP contribution is -2.49. The first-order valence-corrected chi connectivity index (χ1v) is 12.4. The van der Waals surface area contributed by atoms with Crippen molar-refractivity contribution >= 4 is 45.0 Å². The molecular weight excluding hydrogens is 416 g/mol. The van der Waals surface area contributed by atoms with Crippen LogP contribution in [0.3, 0.4) is 0 Å². The third-order valence-corrected chi connectivity index (χ3v) is 6.49. The molecule has 0 aromatic heterocycles. The van der Waals surface area contributed by atoms with Gasteiger partial charge in [0.2, 0.25) is 15.9 Å². The fraction of sp³-hybridized carbons (Fsp3) is 0.350. The summed E-state index contributed by atoms with van der Waals surface area (Å²) in [5, 5.41) is 3.27. The van der Waals surface area contributed by atoms with Crippen molar-refractivity contribution < 1.29 is 13.2 Å². The zero-order valence-electron chi connectivity index (χ0n) is 16.0. The molecule has 152 valence electrons. The van der Waals surface area contributed by atoms with Crippen LogP contribution in [-0.2, 0) is 20.6 Å². The average Bonchev–Trinajstić information content (AvgIpc) is 2.65. The molecule has 0 saturated carbocycles. The lowest BCUT2D eigenvalue weighted by Gasteiger charge is -2.30. The van der Waals surface area contributed by atoms with Crippen LogP contribution in [0.15, 0.2) is 54.6 Å². The highest BCUT2D eigenvalue weighted by atomic mass is 35.5. The maximum Gasteiger partial charge on any atom is 0.243 e. The second-order valence-corrected chi connectivity index (χ2v) is 9.69. The summed E-state index contributed by atoms with van der Waals surface area (Å²) >= 11 is 7.73. The van der Waals surface area contributed by atoms with Crippen LogP contribution in [0.1, 0.15) is 18.9 Å². The molecule has 2 aromatic carbocycles. The molecule has 1 amide bonds. The maximum absolute atomic E-state index is 12.7. The highest BCUT2D eigenvalue weighted by Crippen LogP contribution is 2.25. The smallest absolute Gasteiger partial charge is 0.243 e. The largest absolute Gasteiger partial charge is 0.353 e. The Morgan fingerprint density at radius 2 is 1.89 bits per heavy atom. The van der Waals surface area contributed by atoms with Gasteiger partial charge in [0.05, 0.1) is 11.9 Å². The molecule has 1 N–H and O–H groups in total. The number of rotatable bonds is 10. The Bertz CT molecular complexity index is 876. The average molecular weight is 441 g/mol. The molecule has 0 aliphatic rings. The fourth-order valence-corrected chi connectivity index (χ4v) is 5.01. The number of amides is 1. The van der Waals surface area contributed by atoms with Crippen molar-refractivity contribution in [2.24, 2.45) is 0 Å². The minimum absolute atomic E-state index is 0.312. The van der Waals surface area contributed by atoms with E-state index in [0.717, 1.165) is 22.1 Å². The van der Waals surface area contributed by atoms with E-state index in [2.05, 4.69) is 17.4 Å². The monoisotopic (exact) mass is 440 g/mol. The second kappa shape index (κ2) is 10.7. The number of sulfonamides is 1. The molecule has 0 spiro atoms. The Balaban J connectivity index is 1.97. The molecule has 5 nitrogen and oxygen atoms in total. The molecule has 28 heavy (non-hydrogen) atoms. The molecule has 2 aromatic rings. The van der Waals surface area contributed by atoms with Crippen molar-refractivity contribution in [2.75, 3.05) is 22.9 Å². The topological polar surface area (TPSA) is 66.5 Å². The highest BCUT2D eigenvalue weighted by molar-refractivity contribution is 7.98. The zero-order valence-corrected chi connectivity index (χ0v) is 18.4. The van der Waals surface area contributed by atoms with Gasteiger partial charge in [-0.25, -0.2) is 8.42 Å². The van der Waals surface area contributed by atoms with Gasteiger partial charge in [-0.2, -0.15) is 11.8 Å². The van der Waals surface area contributed by atoms with E-state index >= 15 is 0 Å². The lowest BCUT2D eigenvalue weighted by molar-refractivity contribution is -0.122. The van der Waals surface area contributed by atoms with Gasteiger partial charge >= 0.3 is 0 Å². The Morgan fingerprint density at radius 3 is 2.50 bits per heavy atom. The summed E-state index contributed by atoms with van der Waals surface area (Å²) in [7, 11) is -3.65. The van der Waals surface area contributed by atoms with E-state index in [4.69, 9.17) is 11.6 Å². The number of hydrogen-bond donors (Lipinski definition) is 1. The number of carbonyl (C=O) groups excluding carboxylic acids is 1. The molecule has 0 aliphatic heterocycles. The van der Waals surface area contributed by atoms with Gasteiger partial charge < -0.3 is 5.32 Å². The van der Waals surface area contributed by atoms with Crippen LogP contribution in [0.5, 0.6) is 0 Å². The van der Waals surface area contributed by atoms with Gasteiger partial charge in [0, 0.05) is 23.1 Å². The van der Waals surface area contributed by atoms with Crippen LogP contribution in [0.25, 0.3) is 0 Å². The van der Waals surface area contributed by atoms with E-state index in [1.165, 1.54) is 5.56 Å². The van der Waals surface area contributed by atoms with Gasteiger partial charge in [0.15, 0.2) is 0 Å². The molecular formula is C20H25ClN2O3S2. The maximum atomic E-state index is 12.7. The van der Waals surface area contributed by atoms with Crippen molar-refractivity contribution in [2.45, 2.75) is 25.1 Å². The predicted octanol–water partition coefficient (Wildman–Crippen LogP) is 3.93. The van der Waals surface area contributed by atoms with Gasteiger partial charge in [-0.15, -0.1) is 0 Å². The molecule has 1 atom stereocenters. The van der Waals surface area contributed by atoms with Gasteiger partial charge in [-0.1, -0.05) is 54.9 Å². The summed E-state index contributed by atoms with van der Waals surface area (Å²) in [6.45, 7) is 2.26. The van der Waals surface area contributed by atoms with Crippen LogP contribution in [-0.4, -0.2) is 38.9 Å². The van der Waals surface area contributed by atoms with Gasteiger partial charge in [0.1, 0.15) is 6.04 Å². The molecule has 1 unspecified atom stereocenters. The summed E-state index contributed by atoms with van der Waals surface area (Å²) in [6, 6.07) is 15.8. The fourth-order valence-electron chi connectivity index (χ4n) is 2.80. The third-order valence-electron chi connectivity index (χ3n) is 4.05. The van der Waals surface area contributed by atoms with Gasteiger partial charge in [-0.05, 0) is 30.2 Å². The summed E-state index contributed by atoms with van der Waals surface area (Å²) in [5.74, 6) is 1.30. The number of thioether (sulfide) groups is 1. The number of nitrogens with zero attached hydrogens (tertiary/aromatic N) is 1. The molecule has 8 heteroatoms. The summed E-state index contributed by atoms with van der Waals surface area (Å²) < 4.78 is 25.9. The minimum atomic E-state index is -3.65. The van der Waals surface area contributed by atoms with Gasteiger partial charge in [-0.3, -0.25) is 9.10 Å². The first-order valence-electron chi connectivity index (χ1n) is 8.97. The zero-order chi connectivity index (χ0) is 20.6. The van der Waals surface area contributed by atoms with E-state index in [1.54, 1.807) is 43.0 Å². The van der Waals surface area contributed by atoms with Crippen LogP contribution in [0.2, 0.25) is 5.02 Å². The van der Waals surface area contributed by atoms with E-state index in [1.807, 2.05) is 18.2 Å². The van der Waals surface area contributed by atoms with Crippen LogP contribution >= 0.6 is 23.4 Å². The number of benzene rings is 2. The number of hydrogen-bond acceptors (Lipinski definition) is 4. The normalized spacial score (nSPS) is 12.4. The Hall–Kier alpha value is -1.70. The summed E-state index contributed by atoms with van der Waals surface area (Å²) in [5.41, 5.74) is 1.62. The van der Waals surface area contributed by atoms with Crippen LogP contribution in [0.4, 0.5) is 5.69 Å². The second-order valence-electron chi connectivity index (χ2n) is 6.29. The highest BCUT2D eigenvalue weighted by Gasteiger charge is 2.31. The SMILES string of the molecule is CCC(C(=O)NCCSCc1ccccc1)N(c1cccc(Cl)c1)S(C)(=O)=O. The number of halogens is 1. The molecule has 0 bridgehead atoms. The first-order chi connectivity index (χ1) is 13.3. The van der Waals surface area contributed by atoms with Crippen molar-refractivity contribution in [3.8, 4) is 0 Å². The predicted molar refractivity (Wildman–Crippen MR) is 118 cm³/mol. The molecule has 0 heterocycles. The third kappa shape index (κ3) is 6.72. The Kier molecular flexibility index (Phi) is 8.66. The number of anilines is 1. The van der Waals surface area contributed by atoms with Gasteiger partial charge in [0.25, 0.3) is 0 Å². The lowest BCUT2D eigenvalue weighted by atomic mass is 10.2. The molecule has 0 radical (unpaired) electrons. The van der Waals surface area contributed by atoms with E-state index in [0.29, 0.717) is 23.7 Å². The van der Waals surface area contributed by atoms with E-state index in [9.17, 15) is 13.2 Å². The summed E-state index contributed by atoms with van der Waals surface area (Å²) in [6.07, 6.45) is 1.45. The molecule has 0 saturated heterocycles. The van der Waals surface area contributed by atoms with Crippen LogP contribution in [0, 0.1) is 0 Å². The number of nitrogens with one attached hydrogen (secondary N) is 1. The van der Waals surface area contributed by atoms with E-state index in [-0.39, 0.29) is 5.91 Å². The minimum Gasteiger partial charge on any atom is -0.353 e. The number of carbonyl (C=O) groups is 1. The molecule has 0 fully saturated rings. The molecule has 0 aliphatic carbocycles. The van der Waals surface area contributed by atoms with Crippen molar-refractivity contribution in [1.29, 1.82) is 0 Å². The van der Waals surface area contributed by atoms with E-state index < -0.39 is 16.1 Å². The van der Waals surface area contributed by atoms with Crippen molar-refractivity contribution in [3.63, 3.8) is 0 Å².